The zero-order valence-electron chi connectivity index (χ0n) is 9.58. The molecule has 0 aromatic carbocycles. The van der Waals surface area contributed by atoms with Gasteiger partial charge in [-0.15, -0.1) is 0 Å². The van der Waals surface area contributed by atoms with Gasteiger partial charge in [0.2, 0.25) is 5.91 Å². The van der Waals surface area contributed by atoms with Crippen LogP contribution in [0, 0.1) is 11.8 Å². The zero-order valence-corrected chi connectivity index (χ0v) is 9.58. The van der Waals surface area contributed by atoms with E-state index in [1.165, 1.54) is 6.42 Å². The van der Waals surface area contributed by atoms with E-state index in [0.717, 1.165) is 45.4 Å². The molecule has 1 heterocycles. The number of amides is 1. The average Bonchev–Trinajstić information content (AvgIpc) is 2.16. The minimum absolute atomic E-state index is 0.342. The fourth-order valence-electron chi connectivity index (χ4n) is 2.37. The van der Waals surface area contributed by atoms with Crippen LogP contribution >= 0.6 is 0 Å². The Morgan fingerprint density at radius 1 is 1.27 bits per heavy atom. The molecule has 2 fully saturated rings. The summed E-state index contributed by atoms with van der Waals surface area (Å²) < 4.78 is 5.32. The van der Waals surface area contributed by atoms with E-state index in [1.807, 2.05) is 11.9 Å². The smallest absolute Gasteiger partial charge is 0.225 e. The SMILES string of the molecule is CN(CC1CCOCC1)C(=O)C1CCC1. The number of hydrogen-bond acceptors (Lipinski definition) is 2. The average molecular weight is 211 g/mol. The number of rotatable bonds is 3. The normalized spacial score (nSPS) is 23.5. The standard InChI is InChI=1S/C12H21NO2/c1-13(12(14)11-3-2-4-11)9-10-5-7-15-8-6-10/h10-11H,2-9H2,1H3. The molecule has 0 radical (unpaired) electrons. The van der Waals surface area contributed by atoms with Gasteiger partial charge in [-0.05, 0) is 31.6 Å². The number of ether oxygens (including phenoxy) is 1. The molecule has 0 atom stereocenters. The van der Waals surface area contributed by atoms with E-state index in [1.54, 1.807) is 0 Å². The first-order valence-electron chi connectivity index (χ1n) is 6.10. The molecule has 0 N–H and O–H groups in total. The lowest BCUT2D eigenvalue weighted by Gasteiger charge is -2.32. The summed E-state index contributed by atoms with van der Waals surface area (Å²) >= 11 is 0. The monoisotopic (exact) mass is 211 g/mol. The molecule has 1 saturated carbocycles. The molecule has 1 saturated heterocycles. The molecule has 0 aromatic heterocycles. The topological polar surface area (TPSA) is 29.5 Å². The quantitative estimate of drug-likeness (QED) is 0.710. The highest BCUT2D eigenvalue weighted by Crippen LogP contribution is 2.28. The van der Waals surface area contributed by atoms with Crippen LogP contribution in [0.3, 0.4) is 0 Å². The maximum atomic E-state index is 11.9. The predicted molar refractivity (Wildman–Crippen MR) is 58.5 cm³/mol. The van der Waals surface area contributed by atoms with Gasteiger partial charge in [0.25, 0.3) is 0 Å². The van der Waals surface area contributed by atoms with Gasteiger partial charge >= 0.3 is 0 Å². The van der Waals surface area contributed by atoms with Crippen LogP contribution in [0.15, 0.2) is 0 Å². The molecule has 1 aliphatic carbocycles. The van der Waals surface area contributed by atoms with Crippen LogP contribution in [0.5, 0.6) is 0 Å². The second-order valence-corrected chi connectivity index (χ2v) is 4.90. The van der Waals surface area contributed by atoms with Crippen molar-refractivity contribution in [1.29, 1.82) is 0 Å². The molecular formula is C12H21NO2. The van der Waals surface area contributed by atoms with E-state index in [-0.39, 0.29) is 0 Å². The summed E-state index contributed by atoms with van der Waals surface area (Å²) in [6, 6.07) is 0. The Labute approximate surface area is 91.8 Å². The largest absolute Gasteiger partial charge is 0.381 e. The summed E-state index contributed by atoms with van der Waals surface area (Å²) in [7, 11) is 1.95. The van der Waals surface area contributed by atoms with Crippen molar-refractivity contribution in [3.05, 3.63) is 0 Å². The Bertz CT molecular complexity index is 220. The molecular weight excluding hydrogens is 190 g/mol. The third-order valence-electron chi connectivity index (χ3n) is 3.70. The van der Waals surface area contributed by atoms with Crippen molar-refractivity contribution in [1.82, 2.24) is 4.90 Å². The highest BCUT2D eigenvalue weighted by molar-refractivity contribution is 5.79. The first kappa shape index (κ1) is 10.9. The van der Waals surface area contributed by atoms with Crippen molar-refractivity contribution < 1.29 is 9.53 Å². The Hall–Kier alpha value is -0.570. The van der Waals surface area contributed by atoms with Crippen LogP contribution in [0.4, 0.5) is 0 Å². The Morgan fingerprint density at radius 3 is 2.47 bits per heavy atom. The van der Waals surface area contributed by atoms with Crippen molar-refractivity contribution in [2.24, 2.45) is 11.8 Å². The van der Waals surface area contributed by atoms with E-state index < -0.39 is 0 Å². The Morgan fingerprint density at radius 2 is 1.93 bits per heavy atom. The maximum absolute atomic E-state index is 11.9. The Balaban J connectivity index is 1.74. The summed E-state index contributed by atoms with van der Waals surface area (Å²) in [5.41, 5.74) is 0. The lowest BCUT2D eigenvalue weighted by molar-refractivity contribution is -0.137. The van der Waals surface area contributed by atoms with Crippen molar-refractivity contribution >= 4 is 5.91 Å². The molecule has 3 nitrogen and oxygen atoms in total. The third kappa shape index (κ3) is 2.71. The maximum Gasteiger partial charge on any atom is 0.225 e. The van der Waals surface area contributed by atoms with Crippen molar-refractivity contribution in [3.63, 3.8) is 0 Å². The van der Waals surface area contributed by atoms with Crippen LogP contribution in [-0.4, -0.2) is 37.6 Å². The van der Waals surface area contributed by atoms with Crippen molar-refractivity contribution in [2.75, 3.05) is 26.8 Å². The summed E-state index contributed by atoms with van der Waals surface area (Å²) in [5, 5.41) is 0. The molecule has 15 heavy (non-hydrogen) atoms. The second-order valence-electron chi connectivity index (χ2n) is 4.90. The second kappa shape index (κ2) is 4.97. The van der Waals surface area contributed by atoms with E-state index in [0.29, 0.717) is 17.7 Å². The zero-order chi connectivity index (χ0) is 10.7. The van der Waals surface area contributed by atoms with Gasteiger partial charge in [-0.25, -0.2) is 0 Å². The van der Waals surface area contributed by atoms with Gasteiger partial charge in [0.15, 0.2) is 0 Å². The number of carbonyl (C=O) groups is 1. The molecule has 0 spiro atoms. The summed E-state index contributed by atoms with van der Waals surface area (Å²) in [5.74, 6) is 1.37. The number of carbonyl (C=O) groups excluding carboxylic acids is 1. The predicted octanol–water partition coefficient (Wildman–Crippen LogP) is 1.67. The van der Waals surface area contributed by atoms with E-state index in [9.17, 15) is 4.79 Å². The first-order valence-corrected chi connectivity index (χ1v) is 6.10. The minimum Gasteiger partial charge on any atom is -0.381 e. The van der Waals surface area contributed by atoms with Gasteiger partial charge < -0.3 is 9.64 Å². The molecule has 2 rings (SSSR count). The molecule has 0 aromatic rings. The highest BCUT2D eigenvalue weighted by atomic mass is 16.5. The summed E-state index contributed by atoms with van der Waals surface area (Å²) in [6.45, 7) is 2.67. The van der Waals surface area contributed by atoms with E-state index >= 15 is 0 Å². The van der Waals surface area contributed by atoms with Gasteiger partial charge in [0.05, 0.1) is 0 Å². The number of hydrogen-bond donors (Lipinski definition) is 0. The van der Waals surface area contributed by atoms with Gasteiger partial charge in [0, 0.05) is 32.7 Å². The first-order chi connectivity index (χ1) is 7.27. The molecule has 86 valence electrons. The van der Waals surface area contributed by atoms with Crippen molar-refractivity contribution in [3.8, 4) is 0 Å². The molecule has 1 amide bonds. The fourth-order valence-corrected chi connectivity index (χ4v) is 2.37. The molecule has 3 heteroatoms. The van der Waals surface area contributed by atoms with E-state index in [4.69, 9.17) is 4.74 Å². The molecule has 0 unspecified atom stereocenters. The summed E-state index contributed by atoms with van der Waals surface area (Å²) in [4.78, 5) is 13.8. The van der Waals surface area contributed by atoms with Crippen LogP contribution in [0.1, 0.15) is 32.1 Å². The highest BCUT2D eigenvalue weighted by Gasteiger charge is 2.28. The summed E-state index contributed by atoms with van der Waals surface area (Å²) in [6.07, 6.45) is 5.68. The van der Waals surface area contributed by atoms with E-state index in [2.05, 4.69) is 0 Å². The van der Waals surface area contributed by atoms with Gasteiger partial charge in [-0.1, -0.05) is 6.42 Å². The third-order valence-corrected chi connectivity index (χ3v) is 3.70. The fraction of sp³-hybridized carbons (Fsp3) is 0.917. The van der Waals surface area contributed by atoms with Crippen LogP contribution in [0.2, 0.25) is 0 Å². The Kier molecular flexibility index (Phi) is 3.62. The van der Waals surface area contributed by atoms with Gasteiger partial charge in [-0.3, -0.25) is 4.79 Å². The van der Waals surface area contributed by atoms with Crippen molar-refractivity contribution in [2.45, 2.75) is 32.1 Å². The lowest BCUT2D eigenvalue weighted by atomic mass is 9.84. The van der Waals surface area contributed by atoms with Crippen LogP contribution in [-0.2, 0) is 9.53 Å². The van der Waals surface area contributed by atoms with Crippen LogP contribution < -0.4 is 0 Å². The molecule has 0 bridgehead atoms. The van der Waals surface area contributed by atoms with Gasteiger partial charge in [0.1, 0.15) is 0 Å². The minimum atomic E-state index is 0.342. The van der Waals surface area contributed by atoms with Crippen LogP contribution in [0.25, 0.3) is 0 Å². The number of nitrogens with zero attached hydrogens (tertiary/aromatic N) is 1. The molecule has 1 aliphatic heterocycles. The molecule has 2 aliphatic rings. The van der Waals surface area contributed by atoms with Gasteiger partial charge in [-0.2, -0.15) is 0 Å². The lowest BCUT2D eigenvalue weighted by Crippen LogP contribution is -2.39.